The molecule has 0 aromatic carbocycles. The van der Waals surface area contributed by atoms with E-state index in [4.69, 9.17) is 10.5 Å². The lowest BCUT2D eigenvalue weighted by Gasteiger charge is -2.31. The lowest BCUT2D eigenvalue weighted by Crippen LogP contribution is -2.46. The normalized spacial score (nSPS) is 15.7. The molecular weight excluding hydrogens is 242 g/mol. The molecular formula is C15H29NO3. The quantitative estimate of drug-likeness (QED) is 0.689. The Kier molecular flexibility index (Phi) is 6.36. The Hall–Kier alpha value is -0.740. The molecule has 0 amide bonds. The summed E-state index contributed by atoms with van der Waals surface area (Å²) in [6.07, 6.45) is 0.163. The first-order chi connectivity index (χ1) is 8.39. The van der Waals surface area contributed by atoms with Gasteiger partial charge in [-0.15, -0.1) is 0 Å². The molecule has 0 aliphatic rings. The van der Waals surface area contributed by atoms with E-state index in [1.165, 1.54) is 0 Å². The van der Waals surface area contributed by atoms with Crippen LogP contribution in [0.15, 0.2) is 0 Å². The lowest BCUT2D eigenvalue weighted by atomic mass is 9.83. The van der Waals surface area contributed by atoms with E-state index in [0.717, 1.165) is 0 Å². The first-order valence-corrected chi connectivity index (χ1v) is 6.89. The van der Waals surface area contributed by atoms with Crippen LogP contribution in [0.1, 0.15) is 54.9 Å². The molecule has 4 nitrogen and oxygen atoms in total. The molecule has 4 heteroatoms. The highest BCUT2D eigenvalue weighted by atomic mass is 16.5. The molecule has 0 heterocycles. The van der Waals surface area contributed by atoms with E-state index in [1.54, 1.807) is 6.92 Å². The Morgan fingerprint density at radius 3 is 1.89 bits per heavy atom. The third-order valence-corrected chi connectivity index (χ3v) is 3.12. The monoisotopic (exact) mass is 271 g/mol. The molecule has 2 N–H and O–H groups in total. The molecule has 0 bridgehead atoms. The molecule has 112 valence electrons. The van der Waals surface area contributed by atoms with Crippen molar-refractivity contribution in [3.8, 4) is 0 Å². The summed E-state index contributed by atoms with van der Waals surface area (Å²) >= 11 is 0. The minimum absolute atomic E-state index is 0.0417. The Balaban J connectivity index is 4.53. The fraction of sp³-hybridized carbons (Fsp3) is 0.867. The SMILES string of the molecule is CC(C)C(=O)CC(C)(N)OCC(C)(C)C(=O)C(C)C. The molecule has 0 radical (unpaired) electrons. The van der Waals surface area contributed by atoms with Crippen molar-refractivity contribution in [2.24, 2.45) is 23.0 Å². The van der Waals surface area contributed by atoms with Crippen LogP contribution >= 0.6 is 0 Å². The highest BCUT2D eigenvalue weighted by Gasteiger charge is 2.33. The van der Waals surface area contributed by atoms with Gasteiger partial charge in [0.05, 0.1) is 6.61 Å². The molecule has 0 aromatic rings. The first kappa shape index (κ1) is 18.3. The number of Topliss-reactive ketones (excluding diaryl/α,β-unsaturated/α-hetero) is 2. The van der Waals surface area contributed by atoms with Gasteiger partial charge >= 0.3 is 0 Å². The van der Waals surface area contributed by atoms with Crippen LogP contribution in [0.2, 0.25) is 0 Å². The van der Waals surface area contributed by atoms with Crippen molar-refractivity contribution in [3.05, 3.63) is 0 Å². The van der Waals surface area contributed by atoms with E-state index in [-0.39, 0.29) is 36.4 Å². The van der Waals surface area contributed by atoms with Crippen LogP contribution in [0, 0.1) is 17.3 Å². The van der Waals surface area contributed by atoms with E-state index < -0.39 is 11.1 Å². The topological polar surface area (TPSA) is 69.4 Å². The van der Waals surface area contributed by atoms with Gasteiger partial charge in [-0.3, -0.25) is 9.59 Å². The van der Waals surface area contributed by atoms with Crippen molar-refractivity contribution in [3.63, 3.8) is 0 Å². The maximum atomic E-state index is 12.0. The summed E-state index contributed by atoms with van der Waals surface area (Å²) in [7, 11) is 0. The molecule has 0 fully saturated rings. The lowest BCUT2D eigenvalue weighted by molar-refractivity contribution is -0.141. The molecule has 0 spiro atoms. The number of nitrogens with two attached hydrogens (primary N) is 1. The van der Waals surface area contributed by atoms with Gasteiger partial charge in [-0.2, -0.15) is 0 Å². The minimum Gasteiger partial charge on any atom is -0.360 e. The smallest absolute Gasteiger partial charge is 0.143 e. The second-order valence-corrected chi connectivity index (χ2v) is 6.80. The summed E-state index contributed by atoms with van der Waals surface area (Å²) in [5.74, 6) is 0.105. The predicted molar refractivity (Wildman–Crippen MR) is 76.6 cm³/mol. The van der Waals surface area contributed by atoms with Crippen LogP contribution in [0.5, 0.6) is 0 Å². The third kappa shape index (κ3) is 6.30. The summed E-state index contributed by atoms with van der Waals surface area (Å²) < 4.78 is 5.62. The van der Waals surface area contributed by atoms with Crippen molar-refractivity contribution in [2.75, 3.05) is 6.61 Å². The number of hydrogen-bond donors (Lipinski definition) is 1. The van der Waals surface area contributed by atoms with E-state index >= 15 is 0 Å². The number of carbonyl (C=O) groups is 2. The van der Waals surface area contributed by atoms with E-state index in [2.05, 4.69) is 0 Å². The molecule has 1 unspecified atom stereocenters. The summed E-state index contributed by atoms with van der Waals surface area (Å²) in [6, 6.07) is 0. The summed E-state index contributed by atoms with van der Waals surface area (Å²) in [5.41, 5.74) is 4.38. The third-order valence-electron chi connectivity index (χ3n) is 3.12. The molecule has 0 saturated carbocycles. The van der Waals surface area contributed by atoms with Crippen LogP contribution in [-0.4, -0.2) is 23.9 Å². The van der Waals surface area contributed by atoms with Gasteiger partial charge in [-0.25, -0.2) is 0 Å². The number of rotatable bonds is 8. The molecule has 19 heavy (non-hydrogen) atoms. The zero-order valence-corrected chi connectivity index (χ0v) is 13.4. The number of ether oxygens (including phenoxy) is 1. The Morgan fingerprint density at radius 2 is 1.53 bits per heavy atom. The molecule has 0 saturated heterocycles. The standard InChI is InChI=1S/C15H29NO3/c1-10(2)12(17)8-15(7,16)19-9-14(5,6)13(18)11(3)4/h10-11H,8-9,16H2,1-7H3. The fourth-order valence-electron chi connectivity index (χ4n) is 1.80. The highest BCUT2D eigenvalue weighted by Crippen LogP contribution is 2.24. The molecule has 0 aliphatic carbocycles. The second-order valence-electron chi connectivity index (χ2n) is 6.80. The minimum atomic E-state index is -1.02. The van der Waals surface area contributed by atoms with E-state index in [0.29, 0.717) is 0 Å². The maximum Gasteiger partial charge on any atom is 0.143 e. The molecule has 0 rings (SSSR count). The highest BCUT2D eigenvalue weighted by molar-refractivity contribution is 5.85. The van der Waals surface area contributed by atoms with Gasteiger partial charge in [0, 0.05) is 23.7 Å². The zero-order chi connectivity index (χ0) is 15.4. The fourth-order valence-corrected chi connectivity index (χ4v) is 1.80. The summed E-state index contributed by atoms with van der Waals surface area (Å²) in [6.45, 7) is 13.0. The average molecular weight is 271 g/mol. The van der Waals surface area contributed by atoms with E-state index in [9.17, 15) is 9.59 Å². The van der Waals surface area contributed by atoms with Gasteiger partial charge in [0.25, 0.3) is 0 Å². The van der Waals surface area contributed by atoms with Crippen molar-refractivity contribution in [1.82, 2.24) is 0 Å². The van der Waals surface area contributed by atoms with Gasteiger partial charge < -0.3 is 10.5 Å². The van der Waals surface area contributed by atoms with Crippen molar-refractivity contribution < 1.29 is 14.3 Å². The van der Waals surface area contributed by atoms with Gasteiger partial charge in [0.1, 0.15) is 17.3 Å². The Labute approximate surface area is 117 Å². The predicted octanol–water partition coefficient (Wildman–Crippen LogP) is 2.54. The van der Waals surface area contributed by atoms with Crippen LogP contribution in [0.25, 0.3) is 0 Å². The summed E-state index contributed by atoms with van der Waals surface area (Å²) in [4.78, 5) is 23.7. The second kappa shape index (κ2) is 6.62. The van der Waals surface area contributed by atoms with Crippen molar-refractivity contribution >= 4 is 11.6 Å². The van der Waals surface area contributed by atoms with Crippen LogP contribution in [-0.2, 0) is 14.3 Å². The number of ketones is 2. The van der Waals surface area contributed by atoms with Gasteiger partial charge in [-0.05, 0) is 6.92 Å². The molecule has 1 atom stereocenters. The van der Waals surface area contributed by atoms with Crippen molar-refractivity contribution in [2.45, 2.75) is 60.6 Å². The maximum absolute atomic E-state index is 12.0. The largest absolute Gasteiger partial charge is 0.360 e. The average Bonchev–Trinajstić information content (AvgIpc) is 2.24. The summed E-state index contributed by atoms with van der Waals surface area (Å²) in [5, 5.41) is 0. The molecule has 0 aliphatic heterocycles. The van der Waals surface area contributed by atoms with Crippen LogP contribution < -0.4 is 5.73 Å². The molecule has 0 aromatic heterocycles. The Morgan fingerprint density at radius 1 is 1.05 bits per heavy atom. The Bertz CT molecular complexity index is 330. The van der Waals surface area contributed by atoms with E-state index in [1.807, 2.05) is 41.5 Å². The number of hydrogen-bond acceptors (Lipinski definition) is 4. The van der Waals surface area contributed by atoms with Gasteiger partial charge in [0.15, 0.2) is 0 Å². The van der Waals surface area contributed by atoms with Gasteiger partial charge in [0.2, 0.25) is 0 Å². The number of carbonyl (C=O) groups excluding carboxylic acids is 2. The van der Waals surface area contributed by atoms with Crippen LogP contribution in [0.4, 0.5) is 0 Å². The van der Waals surface area contributed by atoms with Gasteiger partial charge in [-0.1, -0.05) is 41.5 Å². The first-order valence-electron chi connectivity index (χ1n) is 6.89. The zero-order valence-electron chi connectivity index (χ0n) is 13.4. The van der Waals surface area contributed by atoms with Crippen molar-refractivity contribution in [1.29, 1.82) is 0 Å². The van der Waals surface area contributed by atoms with Crippen LogP contribution in [0.3, 0.4) is 0 Å².